The van der Waals surface area contributed by atoms with Crippen LogP contribution in [0.4, 0.5) is 0 Å². The van der Waals surface area contributed by atoms with Crippen molar-refractivity contribution >= 4 is 0 Å². The van der Waals surface area contributed by atoms with E-state index in [0.29, 0.717) is 11.5 Å². The van der Waals surface area contributed by atoms with Crippen molar-refractivity contribution in [3.8, 4) is 0 Å². The summed E-state index contributed by atoms with van der Waals surface area (Å²) < 4.78 is 0. The van der Waals surface area contributed by atoms with Crippen LogP contribution in [-0.4, -0.2) is 32.8 Å². The minimum Gasteiger partial charge on any atom is -0.314 e. The van der Waals surface area contributed by atoms with E-state index in [4.69, 9.17) is 0 Å². The average Bonchev–Trinajstić information content (AvgIpc) is 2.83. The molecule has 2 unspecified atom stereocenters. The van der Waals surface area contributed by atoms with E-state index < -0.39 is 0 Å². The molecule has 0 bridgehead atoms. The van der Waals surface area contributed by atoms with Crippen molar-refractivity contribution in [2.45, 2.75) is 52.0 Å². The molecule has 1 aliphatic rings. The zero-order valence-electron chi connectivity index (χ0n) is 11.1. The van der Waals surface area contributed by atoms with Crippen molar-refractivity contribution in [3.63, 3.8) is 0 Å². The van der Waals surface area contributed by atoms with Gasteiger partial charge in [-0.1, -0.05) is 13.8 Å². The Labute approximate surface area is 103 Å². The molecule has 2 atom stereocenters. The first-order chi connectivity index (χ1) is 8.11. The Hall–Kier alpha value is -0.970. The molecule has 17 heavy (non-hydrogen) atoms. The lowest BCUT2D eigenvalue weighted by Crippen LogP contribution is -2.29. The predicted octanol–water partition coefficient (Wildman–Crippen LogP) is 1.31. The largest absolute Gasteiger partial charge is 0.314 e. The molecule has 1 saturated carbocycles. The molecule has 1 fully saturated rings. The van der Waals surface area contributed by atoms with Crippen LogP contribution in [0, 0.1) is 5.41 Å². The zero-order chi connectivity index (χ0) is 12.3. The van der Waals surface area contributed by atoms with Gasteiger partial charge in [0.05, 0.1) is 7.05 Å². The highest BCUT2D eigenvalue weighted by molar-refractivity contribution is 4.95. The number of tetrazole rings is 1. The summed E-state index contributed by atoms with van der Waals surface area (Å²) in [5.41, 5.74) is 0.342. The molecule has 1 aromatic rings. The van der Waals surface area contributed by atoms with E-state index in [1.54, 1.807) is 4.80 Å². The number of rotatable bonds is 5. The van der Waals surface area contributed by atoms with Gasteiger partial charge in [-0.15, -0.1) is 10.2 Å². The molecule has 0 aliphatic heterocycles. The van der Waals surface area contributed by atoms with Gasteiger partial charge in [-0.05, 0) is 42.9 Å². The quantitative estimate of drug-likeness (QED) is 0.839. The Kier molecular flexibility index (Phi) is 3.76. The fourth-order valence-electron chi connectivity index (χ4n) is 2.78. The summed E-state index contributed by atoms with van der Waals surface area (Å²) in [4.78, 5) is 1.54. The lowest BCUT2D eigenvalue weighted by molar-refractivity contribution is 0.314. The molecule has 2 rings (SSSR count). The van der Waals surface area contributed by atoms with Gasteiger partial charge in [-0.2, -0.15) is 4.80 Å². The number of hydrogen-bond acceptors (Lipinski definition) is 4. The molecule has 1 heterocycles. The molecule has 5 nitrogen and oxygen atoms in total. The first-order valence-corrected chi connectivity index (χ1v) is 6.57. The molecular formula is C12H23N5. The van der Waals surface area contributed by atoms with Crippen molar-refractivity contribution in [2.75, 3.05) is 6.54 Å². The summed E-state index contributed by atoms with van der Waals surface area (Å²) >= 11 is 0. The molecule has 0 spiro atoms. The Morgan fingerprint density at radius 1 is 1.53 bits per heavy atom. The maximum atomic E-state index is 4.28. The van der Waals surface area contributed by atoms with Crippen LogP contribution in [0.15, 0.2) is 0 Å². The standard InChI is InChI=1S/C12H23N5/c1-4-7-13-10-5-6-12(2,8-10)9-11-14-16-17(3)15-11/h10,13H,4-9H2,1-3H3. The minimum atomic E-state index is 0.342. The molecule has 0 aromatic carbocycles. The van der Waals surface area contributed by atoms with Gasteiger partial charge in [0.25, 0.3) is 0 Å². The van der Waals surface area contributed by atoms with E-state index in [0.717, 1.165) is 18.8 Å². The second kappa shape index (κ2) is 5.12. The van der Waals surface area contributed by atoms with Crippen LogP contribution in [0.2, 0.25) is 0 Å². The summed E-state index contributed by atoms with van der Waals surface area (Å²) in [6, 6.07) is 0.677. The van der Waals surface area contributed by atoms with Gasteiger partial charge in [0.1, 0.15) is 0 Å². The predicted molar refractivity (Wildman–Crippen MR) is 66.5 cm³/mol. The van der Waals surface area contributed by atoms with E-state index in [1.165, 1.54) is 25.7 Å². The van der Waals surface area contributed by atoms with E-state index in [-0.39, 0.29) is 0 Å². The number of nitrogens with one attached hydrogen (secondary N) is 1. The molecule has 0 radical (unpaired) electrons. The van der Waals surface area contributed by atoms with E-state index in [2.05, 4.69) is 34.6 Å². The molecule has 0 saturated heterocycles. The summed E-state index contributed by atoms with van der Waals surface area (Å²) in [6.07, 6.45) is 5.92. The van der Waals surface area contributed by atoms with Crippen molar-refractivity contribution in [3.05, 3.63) is 5.82 Å². The number of nitrogens with zero attached hydrogens (tertiary/aromatic N) is 4. The van der Waals surface area contributed by atoms with E-state index in [1.807, 2.05) is 7.05 Å². The lowest BCUT2D eigenvalue weighted by Gasteiger charge is -2.22. The minimum absolute atomic E-state index is 0.342. The lowest BCUT2D eigenvalue weighted by atomic mass is 9.84. The third kappa shape index (κ3) is 3.25. The Balaban J connectivity index is 1.88. The molecular weight excluding hydrogens is 214 g/mol. The van der Waals surface area contributed by atoms with Gasteiger partial charge < -0.3 is 5.32 Å². The summed E-state index contributed by atoms with van der Waals surface area (Å²) in [6.45, 7) is 5.69. The molecule has 1 aliphatic carbocycles. The van der Waals surface area contributed by atoms with Crippen LogP contribution in [-0.2, 0) is 13.5 Å². The second-order valence-corrected chi connectivity index (χ2v) is 5.58. The van der Waals surface area contributed by atoms with Crippen LogP contribution < -0.4 is 5.32 Å². The maximum absolute atomic E-state index is 4.28. The smallest absolute Gasteiger partial charge is 0.175 e. The molecule has 1 aromatic heterocycles. The maximum Gasteiger partial charge on any atom is 0.175 e. The van der Waals surface area contributed by atoms with Gasteiger partial charge in [0.15, 0.2) is 5.82 Å². The summed E-state index contributed by atoms with van der Waals surface area (Å²) in [5.74, 6) is 0.881. The third-order valence-corrected chi connectivity index (χ3v) is 3.65. The monoisotopic (exact) mass is 237 g/mol. The van der Waals surface area contributed by atoms with E-state index in [9.17, 15) is 0 Å². The highest BCUT2D eigenvalue weighted by atomic mass is 15.6. The number of aromatic nitrogens is 4. The van der Waals surface area contributed by atoms with Crippen molar-refractivity contribution in [2.24, 2.45) is 12.5 Å². The summed E-state index contributed by atoms with van der Waals surface area (Å²) in [5, 5.41) is 15.9. The SMILES string of the molecule is CCCNC1CCC(C)(Cc2nnn(C)n2)C1. The Bertz CT molecular complexity index is 362. The highest BCUT2D eigenvalue weighted by Crippen LogP contribution is 2.39. The Morgan fingerprint density at radius 2 is 2.35 bits per heavy atom. The fourth-order valence-corrected chi connectivity index (χ4v) is 2.78. The van der Waals surface area contributed by atoms with Crippen LogP contribution in [0.25, 0.3) is 0 Å². The fraction of sp³-hybridized carbons (Fsp3) is 0.917. The van der Waals surface area contributed by atoms with E-state index >= 15 is 0 Å². The van der Waals surface area contributed by atoms with Crippen molar-refractivity contribution in [1.29, 1.82) is 0 Å². The van der Waals surface area contributed by atoms with Crippen LogP contribution >= 0.6 is 0 Å². The average molecular weight is 237 g/mol. The van der Waals surface area contributed by atoms with Crippen molar-refractivity contribution in [1.82, 2.24) is 25.5 Å². The first-order valence-electron chi connectivity index (χ1n) is 6.57. The topological polar surface area (TPSA) is 55.6 Å². The molecule has 0 amide bonds. The van der Waals surface area contributed by atoms with Gasteiger partial charge in [-0.25, -0.2) is 0 Å². The second-order valence-electron chi connectivity index (χ2n) is 5.58. The van der Waals surface area contributed by atoms with Gasteiger partial charge in [-0.3, -0.25) is 0 Å². The van der Waals surface area contributed by atoms with Gasteiger partial charge in [0.2, 0.25) is 0 Å². The molecule has 1 N–H and O–H groups in total. The van der Waals surface area contributed by atoms with Crippen LogP contribution in [0.1, 0.15) is 45.4 Å². The molecule has 5 heteroatoms. The third-order valence-electron chi connectivity index (χ3n) is 3.65. The van der Waals surface area contributed by atoms with Gasteiger partial charge in [0, 0.05) is 12.5 Å². The zero-order valence-corrected chi connectivity index (χ0v) is 11.1. The van der Waals surface area contributed by atoms with Crippen molar-refractivity contribution < 1.29 is 0 Å². The first kappa shape index (κ1) is 12.5. The normalized spacial score (nSPS) is 28.8. The highest BCUT2D eigenvalue weighted by Gasteiger charge is 2.35. The number of hydrogen-bond donors (Lipinski definition) is 1. The summed E-state index contributed by atoms with van der Waals surface area (Å²) in [7, 11) is 1.82. The van der Waals surface area contributed by atoms with Crippen LogP contribution in [0.3, 0.4) is 0 Å². The van der Waals surface area contributed by atoms with Gasteiger partial charge >= 0.3 is 0 Å². The Morgan fingerprint density at radius 3 is 3.00 bits per heavy atom. The van der Waals surface area contributed by atoms with Crippen LogP contribution in [0.5, 0.6) is 0 Å². The molecule has 96 valence electrons. The number of aryl methyl sites for hydroxylation is 1.